The Labute approximate surface area is 184 Å². The van der Waals surface area contributed by atoms with Crippen LogP contribution < -0.4 is 14.4 Å². The zero-order valence-corrected chi connectivity index (χ0v) is 18.9. The Morgan fingerprint density at radius 3 is 2.33 bits per heavy atom. The third kappa shape index (κ3) is 4.83. The van der Waals surface area contributed by atoms with Crippen molar-refractivity contribution in [3.05, 3.63) is 82.8 Å². The van der Waals surface area contributed by atoms with Crippen LogP contribution in [0.2, 0.25) is 0 Å². The molecular formula is C22H21BrN2O4S. The van der Waals surface area contributed by atoms with Gasteiger partial charge in [-0.05, 0) is 70.9 Å². The maximum atomic E-state index is 13.4. The highest BCUT2D eigenvalue weighted by Gasteiger charge is 2.28. The number of carbonyl (C=O) groups is 1. The first-order valence-electron chi connectivity index (χ1n) is 9.09. The molecular weight excluding hydrogens is 468 g/mol. The van der Waals surface area contributed by atoms with Crippen LogP contribution in [0.3, 0.4) is 0 Å². The summed E-state index contributed by atoms with van der Waals surface area (Å²) in [6, 6.07) is 20.3. The van der Waals surface area contributed by atoms with Crippen molar-refractivity contribution in [3.8, 4) is 5.75 Å². The lowest BCUT2D eigenvalue weighted by atomic mass is 10.2. The Hall–Kier alpha value is -2.84. The number of aryl methyl sites for hydroxylation is 1. The normalized spacial score (nSPS) is 11.0. The first kappa shape index (κ1) is 21.9. The molecule has 0 aliphatic heterocycles. The van der Waals surface area contributed by atoms with Crippen LogP contribution in [0.1, 0.15) is 5.56 Å². The third-order valence-electron chi connectivity index (χ3n) is 4.43. The summed E-state index contributed by atoms with van der Waals surface area (Å²) in [4.78, 5) is 12.8. The lowest BCUT2D eigenvalue weighted by Crippen LogP contribution is -2.38. The highest BCUT2D eigenvalue weighted by atomic mass is 79.9. The topological polar surface area (TPSA) is 75.7 Å². The minimum Gasteiger partial charge on any atom is -0.496 e. The number of benzene rings is 3. The summed E-state index contributed by atoms with van der Waals surface area (Å²) < 4.78 is 33.9. The van der Waals surface area contributed by atoms with Gasteiger partial charge in [-0.2, -0.15) is 0 Å². The van der Waals surface area contributed by atoms with Gasteiger partial charge >= 0.3 is 0 Å². The highest BCUT2D eigenvalue weighted by molar-refractivity contribution is 9.10. The number of carbonyl (C=O) groups excluding carboxylic acids is 1. The molecule has 3 rings (SSSR count). The summed E-state index contributed by atoms with van der Waals surface area (Å²) in [5, 5.41) is 2.75. The maximum absolute atomic E-state index is 13.4. The van der Waals surface area contributed by atoms with Gasteiger partial charge in [0.25, 0.3) is 10.0 Å². The van der Waals surface area contributed by atoms with Gasteiger partial charge in [0.05, 0.1) is 23.4 Å². The molecule has 1 N–H and O–H groups in total. The number of ether oxygens (including phenoxy) is 1. The van der Waals surface area contributed by atoms with E-state index in [0.29, 0.717) is 27.2 Å². The second-order valence-electron chi connectivity index (χ2n) is 6.51. The van der Waals surface area contributed by atoms with Crippen LogP contribution in [0.25, 0.3) is 0 Å². The van der Waals surface area contributed by atoms with Crippen LogP contribution in [0, 0.1) is 6.92 Å². The zero-order valence-electron chi connectivity index (χ0n) is 16.5. The Morgan fingerprint density at radius 2 is 1.70 bits per heavy atom. The van der Waals surface area contributed by atoms with Gasteiger partial charge in [0.1, 0.15) is 12.3 Å². The fourth-order valence-corrected chi connectivity index (χ4v) is 4.82. The summed E-state index contributed by atoms with van der Waals surface area (Å²) >= 11 is 3.38. The van der Waals surface area contributed by atoms with Crippen molar-refractivity contribution in [2.45, 2.75) is 11.8 Å². The minimum atomic E-state index is -3.99. The maximum Gasteiger partial charge on any atom is 0.264 e. The quantitative estimate of drug-likeness (QED) is 0.527. The van der Waals surface area contributed by atoms with E-state index in [0.717, 1.165) is 4.31 Å². The van der Waals surface area contributed by atoms with E-state index in [2.05, 4.69) is 21.2 Å². The van der Waals surface area contributed by atoms with Crippen molar-refractivity contribution >= 4 is 43.2 Å². The molecule has 0 spiro atoms. The number of halogens is 1. The standard InChI is InChI=1S/C22H21BrN2O4S/c1-16-14-18(12-13-21(16)29-2)30(27,28)25(17-8-4-3-5-9-17)15-22(26)24-20-11-7-6-10-19(20)23/h3-14H,15H2,1-2H3,(H,24,26). The number of rotatable bonds is 7. The molecule has 8 heteroatoms. The van der Waals surface area contributed by atoms with Gasteiger partial charge in [-0.15, -0.1) is 0 Å². The smallest absolute Gasteiger partial charge is 0.264 e. The highest BCUT2D eigenvalue weighted by Crippen LogP contribution is 2.28. The molecule has 30 heavy (non-hydrogen) atoms. The zero-order chi connectivity index (χ0) is 21.7. The Balaban J connectivity index is 1.96. The number of amides is 1. The van der Waals surface area contributed by atoms with Crippen LogP contribution in [0.5, 0.6) is 5.75 Å². The molecule has 0 aliphatic rings. The van der Waals surface area contributed by atoms with Crippen LogP contribution in [0.15, 0.2) is 82.2 Å². The second-order valence-corrected chi connectivity index (χ2v) is 9.22. The van der Waals surface area contributed by atoms with Gasteiger partial charge < -0.3 is 10.1 Å². The third-order valence-corrected chi connectivity index (χ3v) is 6.89. The van der Waals surface area contributed by atoms with Crippen molar-refractivity contribution in [1.82, 2.24) is 0 Å². The van der Waals surface area contributed by atoms with Crippen molar-refractivity contribution in [1.29, 1.82) is 0 Å². The van der Waals surface area contributed by atoms with Gasteiger partial charge in [0, 0.05) is 4.47 Å². The van der Waals surface area contributed by atoms with E-state index in [1.165, 1.54) is 19.2 Å². The molecule has 3 aromatic rings. The average molecular weight is 489 g/mol. The number of anilines is 2. The van der Waals surface area contributed by atoms with Crippen LogP contribution >= 0.6 is 15.9 Å². The predicted octanol–water partition coefficient (Wildman–Crippen LogP) is 4.60. The number of sulfonamides is 1. The summed E-state index contributed by atoms with van der Waals surface area (Å²) in [5.74, 6) is 0.131. The number of nitrogens with zero attached hydrogens (tertiary/aromatic N) is 1. The molecule has 1 amide bonds. The first-order chi connectivity index (χ1) is 14.3. The molecule has 0 saturated carbocycles. The molecule has 0 aromatic heterocycles. The number of nitrogens with one attached hydrogen (secondary N) is 1. The number of methoxy groups -OCH3 is 1. The van der Waals surface area contributed by atoms with E-state index in [9.17, 15) is 13.2 Å². The number of para-hydroxylation sites is 2. The van der Waals surface area contributed by atoms with E-state index in [-0.39, 0.29) is 11.4 Å². The molecule has 0 fully saturated rings. The molecule has 0 radical (unpaired) electrons. The monoisotopic (exact) mass is 488 g/mol. The van der Waals surface area contributed by atoms with E-state index in [1.54, 1.807) is 61.5 Å². The Bertz CT molecular complexity index is 1150. The molecule has 6 nitrogen and oxygen atoms in total. The Kier molecular flexibility index (Phi) is 6.79. The van der Waals surface area contributed by atoms with Crippen LogP contribution in [0.4, 0.5) is 11.4 Å². The van der Waals surface area contributed by atoms with E-state index in [1.807, 2.05) is 6.07 Å². The van der Waals surface area contributed by atoms with Crippen LogP contribution in [-0.2, 0) is 14.8 Å². The largest absolute Gasteiger partial charge is 0.496 e. The van der Waals surface area contributed by atoms with Gasteiger partial charge in [-0.25, -0.2) is 8.42 Å². The molecule has 0 unspecified atom stereocenters. The first-order valence-corrected chi connectivity index (χ1v) is 11.3. The van der Waals surface area contributed by atoms with Crippen molar-refractivity contribution in [3.63, 3.8) is 0 Å². The number of hydrogen-bond acceptors (Lipinski definition) is 4. The van der Waals surface area contributed by atoms with E-state index in [4.69, 9.17) is 4.74 Å². The van der Waals surface area contributed by atoms with Crippen LogP contribution in [-0.4, -0.2) is 28.0 Å². The lowest BCUT2D eigenvalue weighted by Gasteiger charge is -2.24. The van der Waals surface area contributed by atoms with Gasteiger partial charge in [0.15, 0.2) is 0 Å². The molecule has 3 aromatic carbocycles. The van der Waals surface area contributed by atoms with Crippen molar-refractivity contribution < 1.29 is 17.9 Å². The number of hydrogen-bond donors (Lipinski definition) is 1. The van der Waals surface area contributed by atoms with Gasteiger partial charge in [-0.3, -0.25) is 9.10 Å². The van der Waals surface area contributed by atoms with Gasteiger partial charge in [-0.1, -0.05) is 30.3 Å². The molecule has 0 bridgehead atoms. The fourth-order valence-electron chi connectivity index (χ4n) is 2.93. The molecule has 0 heterocycles. The summed E-state index contributed by atoms with van der Waals surface area (Å²) in [5.41, 5.74) is 1.64. The predicted molar refractivity (Wildman–Crippen MR) is 121 cm³/mol. The van der Waals surface area contributed by atoms with E-state index < -0.39 is 15.9 Å². The van der Waals surface area contributed by atoms with Gasteiger partial charge in [0.2, 0.25) is 5.91 Å². The SMILES string of the molecule is COc1ccc(S(=O)(=O)N(CC(=O)Nc2ccccc2Br)c2ccccc2)cc1C. The van der Waals surface area contributed by atoms with E-state index >= 15 is 0 Å². The Morgan fingerprint density at radius 1 is 1.03 bits per heavy atom. The molecule has 0 atom stereocenters. The van der Waals surface area contributed by atoms with Crippen molar-refractivity contribution in [2.75, 3.05) is 23.3 Å². The average Bonchev–Trinajstić information content (AvgIpc) is 2.74. The summed E-state index contributed by atoms with van der Waals surface area (Å²) in [6.45, 7) is 1.39. The summed E-state index contributed by atoms with van der Waals surface area (Å²) in [7, 11) is -2.47. The molecule has 0 aliphatic carbocycles. The fraction of sp³-hybridized carbons (Fsp3) is 0.136. The minimum absolute atomic E-state index is 0.0818. The molecule has 156 valence electrons. The molecule has 0 saturated heterocycles. The van der Waals surface area contributed by atoms with Crippen molar-refractivity contribution in [2.24, 2.45) is 0 Å². The summed E-state index contributed by atoms with van der Waals surface area (Å²) in [6.07, 6.45) is 0. The lowest BCUT2D eigenvalue weighted by molar-refractivity contribution is -0.114. The second kappa shape index (κ2) is 9.32.